The van der Waals surface area contributed by atoms with Crippen LogP contribution in [0.4, 0.5) is 10.2 Å². The molecule has 2 N–H and O–H groups in total. The Hall–Kier alpha value is -3.75. The number of fused-ring (bicyclic) bond motifs is 1. The molecule has 1 amide bonds. The van der Waals surface area contributed by atoms with E-state index in [1.165, 1.54) is 21.3 Å². The van der Waals surface area contributed by atoms with Crippen molar-refractivity contribution in [1.82, 2.24) is 10.3 Å². The highest BCUT2D eigenvalue weighted by molar-refractivity contribution is 6.41. The van der Waals surface area contributed by atoms with Crippen molar-refractivity contribution < 1.29 is 23.4 Å². The Balaban J connectivity index is 1.78. The lowest BCUT2D eigenvalue weighted by molar-refractivity contribution is -0.115. The number of rotatable bonds is 8. The molecule has 1 aliphatic carbocycles. The second-order valence-electron chi connectivity index (χ2n) is 7.99. The van der Waals surface area contributed by atoms with Gasteiger partial charge in [-0.3, -0.25) is 4.79 Å². The van der Waals surface area contributed by atoms with Crippen molar-refractivity contribution in [2.24, 2.45) is 0 Å². The number of ether oxygens (including phenoxy) is 3. The first-order chi connectivity index (χ1) is 17.8. The molecule has 1 aromatic heterocycles. The Morgan fingerprint density at radius 1 is 1.05 bits per heavy atom. The van der Waals surface area contributed by atoms with Gasteiger partial charge in [0.15, 0.2) is 0 Å². The average molecular weight is 544 g/mol. The van der Waals surface area contributed by atoms with Crippen LogP contribution in [0.1, 0.15) is 12.8 Å². The molecule has 0 saturated heterocycles. The molecule has 37 heavy (non-hydrogen) atoms. The number of aromatic nitrogens is 1. The molecule has 1 heterocycles. The highest BCUT2D eigenvalue weighted by Gasteiger charge is 2.22. The second-order valence-corrected chi connectivity index (χ2v) is 8.74. The number of carbonyl (C=O) groups is 1. The lowest BCUT2D eigenvalue weighted by atomic mass is 10.0. The Morgan fingerprint density at radius 2 is 1.73 bits per heavy atom. The van der Waals surface area contributed by atoms with E-state index in [0.29, 0.717) is 61.9 Å². The van der Waals surface area contributed by atoms with Crippen LogP contribution < -0.4 is 24.8 Å². The minimum atomic E-state index is -0.438. The number of benzene rings is 2. The fourth-order valence-electron chi connectivity index (χ4n) is 3.99. The van der Waals surface area contributed by atoms with Gasteiger partial charge < -0.3 is 24.8 Å². The fraction of sp³-hybridized carbons (Fsp3) is 0.185. The van der Waals surface area contributed by atoms with E-state index in [1.807, 2.05) is 12.1 Å². The van der Waals surface area contributed by atoms with E-state index in [4.69, 9.17) is 37.4 Å². The summed E-state index contributed by atoms with van der Waals surface area (Å²) in [6.45, 7) is 3.44. The van der Waals surface area contributed by atoms with Gasteiger partial charge in [0, 0.05) is 23.4 Å². The van der Waals surface area contributed by atoms with Gasteiger partial charge >= 0.3 is 0 Å². The number of hydrogen-bond acceptors (Lipinski definition) is 6. The molecule has 10 heteroatoms. The minimum absolute atomic E-state index is 0.144. The third kappa shape index (κ3) is 5.21. The van der Waals surface area contributed by atoms with Gasteiger partial charge in [-0.2, -0.15) is 0 Å². The van der Waals surface area contributed by atoms with Gasteiger partial charge in [0.2, 0.25) is 5.91 Å². The summed E-state index contributed by atoms with van der Waals surface area (Å²) in [4.78, 5) is 16.5. The van der Waals surface area contributed by atoms with Gasteiger partial charge in [-0.15, -0.1) is 0 Å². The van der Waals surface area contributed by atoms with Crippen molar-refractivity contribution >= 4 is 45.8 Å². The van der Waals surface area contributed by atoms with Crippen LogP contribution in [0.15, 0.2) is 66.3 Å². The molecule has 0 fully saturated rings. The summed E-state index contributed by atoms with van der Waals surface area (Å²) in [6, 6.07) is 8.73. The van der Waals surface area contributed by atoms with E-state index in [2.05, 4.69) is 22.2 Å². The number of methoxy groups -OCH3 is 3. The van der Waals surface area contributed by atoms with E-state index >= 15 is 0 Å². The summed E-state index contributed by atoms with van der Waals surface area (Å²) in [5.74, 6) is 0.798. The molecule has 0 aliphatic heterocycles. The van der Waals surface area contributed by atoms with E-state index < -0.39 is 5.91 Å². The summed E-state index contributed by atoms with van der Waals surface area (Å²) in [7, 11) is 4.53. The SMILES string of the molecule is C=CC(=O)NC1=CCCC(F)=C1Nc1ccc2cc(-c3c(Cl)c(OC)cc(OC)c3Cl)cc(OC)c2n1. The van der Waals surface area contributed by atoms with E-state index in [-0.39, 0.29) is 17.9 Å². The van der Waals surface area contributed by atoms with Gasteiger partial charge in [0.05, 0.1) is 42.8 Å². The standard InChI is InChI=1S/C27H24Cl2FN3O4/c1-5-22(34)31-17-8-6-7-16(30)27(17)33-21-10-9-14-11-15(12-20(37-4)26(14)32-21)23-24(28)18(35-2)13-19(36-3)25(23)29/h5,8-13H,1,6-7H2,2-4H3,(H,31,34)(H,32,33). The topological polar surface area (TPSA) is 81.7 Å². The summed E-state index contributed by atoms with van der Waals surface area (Å²) in [5.41, 5.74) is 2.18. The predicted octanol–water partition coefficient (Wildman–Crippen LogP) is 6.81. The normalized spacial score (nSPS) is 13.2. The van der Waals surface area contributed by atoms with Crippen molar-refractivity contribution in [3.8, 4) is 28.4 Å². The number of nitrogens with zero attached hydrogens (tertiary/aromatic N) is 1. The molecule has 2 aromatic carbocycles. The van der Waals surface area contributed by atoms with E-state index in [9.17, 15) is 9.18 Å². The molecule has 4 rings (SSSR count). The largest absolute Gasteiger partial charge is 0.495 e. The third-order valence-electron chi connectivity index (χ3n) is 5.79. The van der Waals surface area contributed by atoms with Crippen molar-refractivity contribution in [3.05, 3.63) is 76.3 Å². The lowest BCUT2D eigenvalue weighted by Crippen LogP contribution is -2.26. The predicted molar refractivity (Wildman–Crippen MR) is 144 cm³/mol. The Bertz CT molecular complexity index is 1440. The van der Waals surface area contributed by atoms with Crippen LogP contribution in [0.2, 0.25) is 10.0 Å². The zero-order chi connectivity index (χ0) is 26.7. The summed E-state index contributed by atoms with van der Waals surface area (Å²) >= 11 is 13.2. The fourth-order valence-corrected chi connectivity index (χ4v) is 4.71. The van der Waals surface area contributed by atoms with Crippen LogP contribution in [0.3, 0.4) is 0 Å². The number of hydrogen-bond donors (Lipinski definition) is 2. The number of halogens is 3. The monoisotopic (exact) mass is 543 g/mol. The third-order valence-corrected chi connectivity index (χ3v) is 6.54. The number of carbonyl (C=O) groups excluding carboxylic acids is 1. The molecule has 7 nitrogen and oxygen atoms in total. The summed E-state index contributed by atoms with van der Waals surface area (Å²) in [6.07, 6.45) is 3.54. The van der Waals surface area contributed by atoms with Crippen LogP contribution in [-0.4, -0.2) is 32.2 Å². The maximum atomic E-state index is 14.7. The van der Waals surface area contributed by atoms with Crippen LogP contribution in [-0.2, 0) is 4.79 Å². The van der Waals surface area contributed by atoms with Gasteiger partial charge in [-0.25, -0.2) is 9.37 Å². The quantitative estimate of drug-likeness (QED) is 0.304. The maximum Gasteiger partial charge on any atom is 0.247 e. The van der Waals surface area contributed by atoms with Crippen LogP contribution in [0.5, 0.6) is 17.2 Å². The van der Waals surface area contributed by atoms with Crippen molar-refractivity contribution in [3.63, 3.8) is 0 Å². The first-order valence-electron chi connectivity index (χ1n) is 11.2. The molecule has 0 spiro atoms. The first-order valence-corrected chi connectivity index (χ1v) is 12.0. The van der Waals surface area contributed by atoms with Crippen LogP contribution >= 0.6 is 23.2 Å². The molecule has 0 radical (unpaired) electrons. The summed E-state index contributed by atoms with van der Waals surface area (Å²) in [5, 5.41) is 6.99. The number of amides is 1. The number of pyridine rings is 1. The highest BCUT2D eigenvalue weighted by Crippen LogP contribution is 2.47. The van der Waals surface area contributed by atoms with Gasteiger partial charge in [0.1, 0.15) is 34.4 Å². The van der Waals surface area contributed by atoms with Crippen LogP contribution in [0.25, 0.3) is 22.0 Å². The Labute approximate surface area is 223 Å². The van der Waals surface area contributed by atoms with Crippen molar-refractivity contribution in [2.45, 2.75) is 12.8 Å². The summed E-state index contributed by atoms with van der Waals surface area (Å²) < 4.78 is 31.2. The number of nitrogens with one attached hydrogen (secondary N) is 2. The Kier molecular flexibility index (Phi) is 7.90. The van der Waals surface area contributed by atoms with Crippen LogP contribution in [0, 0.1) is 0 Å². The molecule has 0 saturated carbocycles. The minimum Gasteiger partial charge on any atom is -0.495 e. The lowest BCUT2D eigenvalue weighted by Gasteiger charge is -2.20. The second kappa shape index (κ2) is 11.1. The molecule has 1 aliphatic rings. The number of anilines is 1. The number of allylic oxidation sites excluding steroid dienone is 2. The zero-order valence-electron chi connectivity index (χ0n) is 20.4. The van der Waals surface area contributed by atoms with Gasteiger partial charge in [-0.05, 0) is 42.3 Å². The smallest absolute Gasteiger partial charge is 0.247 e. The molecule has 0 atom stereocenters. The first kappa shape index (κ1) is 26.3. The Morgan fingerprint density at radius 3 is 2.35 bits per heavy atom. The molecule has 0 unspecified atom stereocenters. The van der Waals surface area contributed by atoms with Gasteiger partial charge in [0.25, 0.3) is 0 Å². The van der Waals surface area contributed by atoms with E-state index in [0.717, 1.165) is 11.5 Å². The average Bonchev–Trinajstić information content (AvgIpc) is 2.90. The van der Waals surface area contributed by atoms with Gasteiger partial charge in [-0.1, -0.05) is 35.9 Å². The highest BCUT2D eigenvalue weighted by atomic mass is 35.5. The van der Waals surface area contributed by atoms with Crippen molar-refractivity contribution in [2.75, 3.05) is 26.6 Å². The maximum absolute atomic E-state index is 14.7. The van der Waals surface area contributed by atoms with Crippen molar-refractivity contribution in [1.29, 1.82) is 0 Å². The molecular formula is C27H24Cl2FN3O4. The zero-order valence-corrected chi connectivity index (χ0v) is 21.9. The molecule has 3 aromatic rings. The van der Waals surface area contributed by atoms with E-state index in [1.54, 1.807) is 24.3 Å². The molecular weight excluding hydrogens is 520 g/mol. The molecule has 192 valence electrons. The molecule has 0 bridgehead atoms.